The molecule has 0 heterocycles. The van der Waals surface area contributed by atoms with E-state index in [1.165, 1.54) is 7.11 Å². The van der Waals surface area contributed by atoms with E-state index in [9.17, 15) is 4.79 Å². The van der Waals surface area contributed by atoms with E-state index in [1.54, 1.807) is 18.2 Å². The first kappa shape index (κ1) is 14.7. The fraction of sp³-hybridized carbons (Fsp3) is 0.188. The van der Waals surface area contributed by atoms with Crippen LogP contribution in [0.25, 0.3) is 0 Å². The lowest BCUT2D eigenvalue weighted by molar-refractivity contribution is 0.102. The second-order valence-electron chi connectivity index (χ2n) is 4.86. The van der Waals surface area contributed by atoms with Crippen LogP contribution < -0.4 is 20.7 Å². The highest BCUT2D eigenvalue weighted by Gasteiger charge is 2.09. The maximum absolute atomic E-state index is 12.2. The minimum atomic E-state index is -0.208. The summed E-state index contributed by atoms with van der Waals surface area (Å²) in [6, 6.07) is 12.6. The Kier molecular flexibility index (Phi) is 4.33. The minimum absolute atomic E-state index is 0.208. The average molecular weight is 285 g/mol. The SMILES string of the molecule is COc1ccc(C(=O)Nc2cccc(N(C)C)c2)cc1N. The molecule has 5 heteroatoms. The standard InChI is InChI=1S/C16H19N3O2/c1-19(2)13-6-4-5-12(10-13)18-16(20)11-7-8-15(21-3)14(17)9-11/h4-10H,17H2,1-3H3,(H,18,20). The Bertz CT molecular complexity index is 654. The molecule has 1 amide bonds. The van der Waals surface area contributed by atoms with E-state index in [0.29, 0.717) is 17.0 Å². The third-order valence-corrected chi connectivity index (χ3v) is 3.11. The van der Waals surface area contributed by atoms with Crippen LogP contribution >= 0.6 is 0 Å². The maximum atomic E-state index is 12.2. The van der Waals surface area contributed by atoms with Gasteiger partial charge < -0.3 is 20.7 Å². The van der Waals surface area contributed by atoms with E-state index in [2.05, 4.69) is 5.32 Å². The number of nitrogens with zero attached hydrogens (tertiary/aromatic N) is 1. The smallest absolute Gasteiger partial charge is 0.255 e. The molecule has 0 fully saturated rings. The normalized spacial score (nSPS) is 10.0. The number of nitrogens with one attached hydrogen (secondary N) is 1. The first-order valence-corrected chi connectivity index (χ1v) is 6.53. The lowest BCUT2D eigenvalue weighted by Crippen LogP contribution is -2.13. The predicted octanol–water partition coefficient (Wildman–Crippen LogP) is 2.60. The number of amides is 1. The number of ether oxygens (including phenoxy) is 1. The molecule has 0 saturated heterocycles. The Labute approximate surface area is 124 Å². The first-order valence-electron chi connectivity index (χ1n) is 6.53. The number of rotatable bonds is 4. The van der Waals surface area contributed by atoms with Gasteiger partial charge >= 0.3 is 0 Å². The fourth-order valence-corrected chi connectivity index (χ4v) is 1.94. The number of hydrogen-bond acceptors (Lipinski definition) is 4. The van der Waals surface area contributed by atoms with Crippen LogP contribution in [0.2, 0.25) is 0 Å². The average Bonchev–Trinajstić information content (AvgIpc) is 2.47. The summed E-state index contributed by atoms with van der Waals surface area (Å²) >= 11 is 0. The molecule has 2 aromatic rings. The molecule has 0 saturated carbocycles. The van der Waals surface area contributed by atoms with Gasteiger partial charge in [-0.1, -0.05) is 6.07 Å². The van der Waals surface area contributed by atoms with E-state index >= 15 is 0 Å². The maximum Gasteiger partial charge on any atom is 0.255 e. The van der Waals surface area contributed by atoms with Gasteiger partial charge in [0.25, 0.3) is 5.91 Å². The molecule has 0 spiro atoms. The largest absolute Gasteiger partial charge is 0.495 e. The van der Waals surface area contributed by atoms with Crippen LogP contribution in [0.1, 0.15) is 10.4 Å². The molecule has 21 heavy (non-hydrogen) atoms. The molecular formula is C16H19N3O2. The number of benzene rings is 2. The van der Waals surface area contributed by atoms with Gasteiger partial charge in [-0.15, -0.1) is 0 Å². The quantitative estimate of drug-likeness (QED) is 0.847. The molecule has 5 nitrogen and oxygen atoms in total. The van der Waals surface area contributed by atoms with Crippen molar-refractivity contribution in [2.45, 2.75) is 0 Å². The van der Waals surface area contributed by atoms with E-state index in [0.717, 1.165) is 11.4 Å². The summed E-state index contributed by atoms with van der Waals surface area (Å²) in [5.74, 6) is 0.349. The van der Waals surface area contributed by atoms with E-state index in [4.69, 9.17) is 10.5 Å². The molecule has 0 aliphatic rings. The van der Waals surface area contributed by atoms with Crippen molar-refractivity contribution in [1.29, 1.82) is 0 Å². The zero-order chi connectivity index (χ0) is 15.4. The Morgan fingerprint density at radius 2 is 1.95 bits per heavy atom. The van der Waals surface area contributed by atoms with Crippen molar-refractivity contribution in [2.24, 2.45) is 0 Å². The summed E-state index contributed by atoms with van der Waals surface area (Å²) in [6.07, 6.45) is 0. The molecule has 0 aliphatic carbocycles. The molecule has 0 aliphatic heterocycles. The van der Waals surface area contributed by atoms with Crippen molar-refractivity contribution in [1.82, 2.24) is 0 Å². The van der Waals surface area contributed by atoms with Gasteiger partial charge in [0.1, 0.15) is 5.75 Å². The summed E-state index contributed by atoms with van der Waals surface area (Å²) in [7, 11) is 5.44. The summed E-state index contributed by atoms with van der Waals surface area (Å²) in [6.45, 7) is 0. The molecular weight excluding hydrogens is 266 g/mol. The lowest BCUT2D eigenvalue weighted by atomic mass is 10.1. The molecule has 110 valence electrons. The summed E-state index contributed by atoms with van der Waals surface area (Å²) in [5.41, 5.74) is 8.49. The summed E-state index contributed by atoms with van der Waals surface area (Å²) in [4.78, 5) is 14.2. The first-order chi connectivity index (χ1) is 10.0. The molecule has 2 rings (SSSR count). The highest BCUT2D eigenvalue weighted by Crippen LogP contribution is 2.23. The zero-order valence-corrected chi connectivity index (χ0v) is 12.4. The molecule has 0 unspecified atom stereocenters. The third kappa shape index (κ3) is 3.45. The Morgan fingerprint density at radius 3 is 2.57 bits per heavy atom. The van der Waals surface area contributed by atoms with Crippen molar-refractivity contribution in [3.8, 4) is 5.75 Å². The summed E-state index contributed by atoms with van der Waals surface area (Å²) in [5, 5.41) is 2.86. The van der Waals surface area contributed by atoms with Gasteiger partial charge in [0.15, 0.2) is 0 Å². The van der Waals surface area contributed by atoms with E-state index < -0.39 is 0 Å². The molecule has 0 bridgehead atoms. The Hall–Kier alpha value is -2.69. The van der Waals surface area contributed by atoms with Crippen LogP contribution in [-0.2, 0) is 0 Å². The van der Waals surface area contributed by atoms with Crippen LogP contribution in [-0.4, -0.2) is 27.1 Å². The minimum Gasteiger partial charge on any atom is -0.495 e. The van der Waals surface area contributed by atoms with Gasteiger partial charge in [-0.05, 0) is 36.4 Å². The number of carbonyl (C=O) groups excluding carboxylic acids is 1. The van der Waals surface area contributed by atoms with Crippen LogP contribution in [0.3, 0.4) is 0 Å². The second kappa shape index (κ2) is 6.17. The molecule has 0 radical (unpaired) electrons. The number of nitrogens with two attached hydrogens (primary N) is 1. The lowest BCUT2D eigenvalue weighted by Gasteiger charge is -2.14. The van der Waals surface area contributed by atoms with Crippen LogP contribution in [0.15, 0.2) is 42.5 Å². The van der Waals surface area contributed by atoms with Crippen LogP contribution in [0.5, 0.6) is 5.75 Å². The van der Waals surface area contributed by atoms with Gasteiger partial charge in [-0.25, -0.2) is 0 Å². The Balaban J connectivity index is 2.18. The van der Waals surface area contributed by atoms with Crippen molar-refractivity contribution in [2.75, 3.05) is 37.2 Å². The monoisotopic (exact) mass is 285 g/mol. The number of nitrogen functional groups attached to an aromatic ring is 1. The van der Waals surface area contributed by atoms with Crippen molar-refractivity contribution >= 4 is 23.0 Å². The van der Waals surface area contributed by atoms with Crippen LogP contribution in [0, 0.1) is 0 Å². The third-order valence-electron chi connectivity index (χ3n) is 3.11. The highest BCUT2D eigenvalue weighted by molar-refractivity contribution is 6.05. The topological polar surface area (TPSA) is 67.6 Å². The number of hydrogen-bond donors (Lipinski definition) is 2. The van der Waals surface area contributed by atoms with Gasteiger partial charge in [0.05, 0.1) is 12.8 Å². The highest BCUT2D eigenvalue weighted by atomic mass is 16.5. The Morgan fingerprint density at radius 1 is 1.19 bits per heavy atom. The van der Waals surface area contributed by atoms with Crippen molar-refractivity contribution in [3.05, 3.63) is 48.0 Å². The van der Waals surface area contributed by atoms with Crippen molar-refractivity contribution < 1.29 is 9.53 Å². The second-order valence-corrected chi connectivity index (χ2v) is 4.86. The van der Waals surface area contributed by atoms with E-state index in [1.807, 2.05) is 43.3 Å². The van der Waals surface area contributed by atoms with Gasteiger partial charge in [0.2, 0.25) is 0 Å². The molecule has 0 aromatic heterocycles. The fourth-order valence-electron chi connectivity index (χ4n) is 1.94. The van der Waals surface area contributed by atoms with Crippen LogP contribution in [0.4, 0.5) is 17.1 Å². The molecule has 0 atom stereocenters. The number of methoxy groups -OCH3 is 1. The molecule has 2 aromatic carbocycles. The zero-order valence-electron chi connectivity index (χ0n) is 12.4. The molecule has 3 N–H and O–H groups in total. The van der Waals surface area contributed by atoms with E-state index in [-0.39, 0.29) is 5.91 Å². The number of carbonyl (C=O) groups is 1. The van der Waals surface area contributed by atoms with Gasteiger partial charge in [-0.2, -0.15) is 0 Å². The van der Waals surface area contributed by atoms with Crippen molar-refractivity contribution in [3.63, 3.8) is 0 Å². The van der Waals surface area contributed by atoms with Gasteiger partial charge in [-0.3, -0.25) is 4.79 Å². The predicted molar refractivity (Wildman–Crippen MR) is 86.1 cm³/mol. The van der Waals surface area contributed by atoms with Gasteiger partial charge in [0, 0.05) is 31.0 Å². The number of anilines is 3. The summed E-state index contributed by atoms with van der Waals surface area (Å²) < 4.78 is 5.08.